The molecule has 0 atom stereocenters. The third-order valence-corrected chi connectivity index (χ3v) is 4.63. The number of thiazole rings is 1. The molecule has 1 aromatic carbocycles. The van der Waals surface area contributed by atoms with Gasteiger partial charge in [0.2, 0.25) is 0 Å². The molecule has 0 bridgehead atoms. The standard InChI is InChI=1S/C19H24N2O5S/c1-4-26-10-6-9-21(12-17-20-16(13-27-17)19(23)25-3)18(22)14-7-5-8-15(11-14)24-2/h5,7-8,11,13H,4,6,9-10,12H2,1-3H3. The molecule has 7 nitrogen and oxygen atoms in total. The molecular weight excluding hydrogens is 368 g/mol. The number of amides is 1. The lowest BCUT2D eigenvalue weighted by atomic mass is 10.2. The molecule has 27 heavy (non-hydrogen) atoms. The summed E-state index contributed by atoms with van der Waals surface area (Å²) in [6.45, 7) is 3.97. The van der Waals surface area contributed by atoms with E-state index in [0.29, 0.717) is 49.0 Å². The maximum Gasteiger partial charge on any atom is 0.357 e. The molecule has 0 aliphatic carbocycles. The average Bonchev–Trinajstić information content (AvgIpc) is 3.17. The molecule has 0 aliphatic rings. The number of esters is 1. The minimum atomic E-state index is -0.487. The summed E-state index contributed by atoms with van der Waals surface area (Å²) < 4.78 is 15.3. The second kappa shape index (κ2) is 10.6. The van der Waals surface area contributed by atoms with Gasteiger partial charge in [0.05, 0.1) is 20.8 Å². The summed E-state index contributed by atoms with van der Waals surface area (Å²) in [6.07, 6.45) is 0.707. The number of hydrogen-bond acceptors (Lipinski definition) is 7. The molecule has 1 aromatic heterocycles. The third-order valence-electron chi connectivity index (χ3n) is 3.80. The summed E-state index contributed by atoms with van der Waals surface area (Å²) in [4.78, 5) is 30.6. The van der Waals surface area contributed by atoms with E-state index >= 15 is 0 Å². The monoisotopic (exact) mass is 392 g/mol. The summed E-state index contributed by atoms with van der Waals surface area (Å²) in [5.74, 6) is 0.0112. The second-order valence-electron chi connectivity index (χ2n) is 5.63. The van der Waals surface area contributed by atoms with Gasteiger partial charge in [0.25, 0.3) is 5.91 Å². The van der Waals surface area contributed by atoms with Gasteiger partial charge in [-0.3, -0.25) is 4.79 Å². The molecule has 0 fully saturated rings. The molecule has 0 unspecified atom stereocenters. The fourth-order valence-electron chi connectivity index (χ4n) is 2.44. The van der Waals surface area contributed by atoms with Crippen LogP contribution < -0.4 is 4.74 Å². The van der Waals surface area contributed by atoms with Crippen LogP contribution in [0, 0.1) is 0 Å². The number of ether oxygens (including phenoxy) is 3. The van der Waals surface area contributed by atoms with E-state index in [1.165, 1.54) is 18.4 Å². The highest BCUT2D eigenvalue weighted by atomic mass is 32.1. The summed E-state index contributed by atoms with van der Waals surface area (Å²) in [5, 5.41) is 2.30. The summed E-state index contributed by atoms with van der Waals surface area (Å²) in [6, 6.07) is 7.03. The van der Waals surface area contributed by atoms with Crippen molar-refractivity contribution in [1.29, 1.82) is 0 Å². The molecule has 0 saturated heterocycles. The number of carbonyl (C=O) groups excluding carboxylic acids is 2. The largest absolute Gasteiger partial charge is 0.497 e. The van der Waals surface area contributed by atoms with Crippen molar-refractivity contribution >= 4 is 23.2 Å². The van der Waals surface area contributed by atoms with Crippen molar-refractivity contribution in [3.05, 3.63) is 45.9 Å². The highest BCUT2D eigenvalue weighted by molar-refractivity contribution is 7.09. The van der Waals surface area contributed by atoms with Crippen molar-refractivity contribution in [2.45, 2.75) is 19.9 Å². The van der Waals surface area contributed by atoms with Gasteiger partial charge in [-0.2, -0.15) is 0 Å². The molecule has 0 spiro atoms. The lowest BCUT2D eigenvalue weighted by Crippen LogP contribution is -2.32. The minimum absolute atomic E-state index is 0.125. The summed E-state index contributed by atoms with van der Waals surface area (Å²) in [7, 11) is 2.88. The Kier molecular flexibility index (Phi) is 8.22. The van der Waals surface area contributed by atoms with Gasteiger partial charge in [-0.05, 0) is 31.5 Å². The van der Waals surface area contributed by atoms with Gasteiger partial charge in [-0.25, -0.2) is 9.78 Å². The van der Waals surface area contributed by atoms with Crippen LogP contribution >= 0.6 is 11.3 Å². The van der Waals surface area contributed by atoms with E-state index in [0.717, 1.165) is 0 Å². The van der Waals surface area contributed by atoms with Crippen molar-refractivity contribution in [3.8, 4) is 5.75 Å². The van der Waals surface area contributed by atoms with Crippen LogP contribution in [0.15, 0.2) is 29.6 Å². The van der Waals surface area contributed by atoms with Gasteiger partial charge >= 0.3 is 5.97 Å². The molecule has 0 aliphatic heterocycles. The van der Waals surface area contributed by atoms with E-state index in [2.05, 4.69) is 9.72 Å². The molecule has 0 radical (unpaired) electrons. The normalized spacial score (nSPS) is 10.5. The molecule has 2 rings (SSSR count). The lowest BCUT2D eigenvalue weighted by molar-refractivity contribution is 0.0594. The first-order valence-corrected chi connectivity index (χ1v) is 9.50. The van der Waals surface area contributed by atoms with Crippen molar-refractivity contribution < 1.29 is 23.8 Å². The SMILES string of the molecule is CCOCCCN(Cc1nc(C(=O)OC)cs1)C(=O)c1cccc(OC)c1. The Morgan fingerprint density at radius 1 is 1.26 bits per heavy atom. The van der Waals surface area contributed by atoms with Gasteiger partial charge in [-0.1, -0.05) is 6.07 Å². The van der Waals surface area contributed by atoms with Crippen LogP contribution in [0.2, 0.25) is 0 Å². The first-order valence-electron chi connectivity index (χ1n) is 8.62. The van der Waals surface area contributed by atoms with Gasteiger partial charge in [0.1, 0.15) is 10.8 Å². The number of rotatable bonds is 10. The van der Waals surface area contributed by atoms with E-state index in [1.807, 2.05) is 6.92 Å². The van der Waals surface area contributed by atoms with Crippen molar-refractivity contribution in [3.63, 3.8) is 0 Å². The zero-order valence-electron chi connectivity index (χ0n) is 15.8. The quantitative estimate of drug-likeness (QED) is 0.457. The van der Waals surface area contributed by atoms with Crippen LogP contribution in [-0.4, -0.2) is 55.7 Å². The summed E-state index contributed by atoms with van der Waals surface area (Å²) in [5.41, 5.74) is 0.788. The Morgan fingerprint density at radius 3 is 2.78 bits per heavy atom. The number of aromatic nitrogens is 1. The molecule has 1 amide bonds. The predicted octanol–water partition coefficient (Wildman–Crippen LogP) is 3.01. The van der Waals surface area contributed by atoms with Gasteiger partial charge in [0, 0.05) is 30.7 Å². The Hall–Kier alpha value is -2.45. The van der Waals surface area contributed by atoms with E-state index in [1.54, 1.807) is 41.7 Å². The van der Waals surface area contributed by atoms with E-state index in [-0.39, 0.29) is 11.6 Å². The van der Waals surface area contributed by atoms with E-state index in [4.69, 9.17) is 9.47 Å². The first kappa shape index (κ1) is 20.9. The number of nitrogens with zero attached hydrogens (tertiary/aromatic N) is 2. The van der Waals surface area contributed by atoms with Crippen LogP contribution in [0.3, 0.4) is 0 Å². The number of methoxy groups -OCH3 is 2. The zero-order chi connectivity index (χ0) is 19.6. The molecule has 2 aromatic rings. The van der Waals surface area contributed by atoms with Crippen molar-refractivity contribution in [2.24, 2.45) is 0 Å². The summed E-state index contributed by atoms with van der Waals surface area (Å²) >= 11 is 1.32. The highest BCUT2D eigenvalue weighted by Gasteiger charge is 2.19. The lowest BCUT2D eigenvalue weighted by Gasteiger charge is -2.22. The maximum absolute atomic E-state index is 13.0. The topological polar surface area (TPSA) is 78.0 Å². The fourth-order valence-corrected chi connectivity index (χ4v) is 3.22. The van der Waals surface area contributed by atoms with Crippen LogP contribution in [0.5, 0.6) is 5.75 Å². The van der Waals surface area contributed by atoms with Crippen molar-refractivity contribution in [2.75, 3.05) is 34.0 Å². The third kappa shape index (κ3) is 6.04. The van der Waals surface area contributed by atoms with E-state index in [9.17, 15) is 9.59 Å². The fraction of sp³-hybridized carbons (Fsp3) is 0.421. The Morgan fingerprint density at radius 2 is 2.07 bits per heavy atom. The van der Waals surface area contributed by atoms with E-state index < -0.39 is 5.97 Å². The molecule has 0 saturated carbocycles. The van der Waals surface area contributed by atoms with Crippen LogP contribution in [-0.2, 0) is 16.0 Å². The molecule has 1 heterocycles. The van der Waals surface area contributed by atoms with Gasteiger partial charge in [-0.15, -0.1) is 11.3 Å². The first-order chi connectivity index (χ1) is 13.1. The smallest absolute Gasteiger partial charge is 0.357 e. The maximum atomic E-state index is 13.0. The minimum Gasteiger partial charge on any atom is -0.497 e. The Labute approximate surface area is 162 Å². The van der Waals surface area contributed by atoms with Crippen LogP contribution in [0.25, 0.3) is 0 Å². The van der Waals surface area contributed by atoms with Crippen LogP contribution in [0.1, 0.15) is 39.2 Å². The zero-order valence-corrected chi connectivity index (χ0v) is 16.6. The Balaban J connectivity index is 2.15. The average molecular weight is 392 g/mol. The molecule has 0 N–H and O–H groups in total. The number of hydrogen-bond donors (Lipinski definition) is 0. The highest BCUT2D eigenvalue weighted by Crippen LogP contribution is 2.18. The van der Waals surface area contributed by atoms with Gasteiger partial charge < -0.3 is 19.1 Å². The number of carbonyl (C=O) groups is 2. The van der Waals surface area contributed by atoms with Crippen molar-refractivity contribution in [1.82, 2.24) is 9.88 Å². The molecule has 146 valence electrons. The van der Waals surface area contributed by atoms with Crippen LogP contribution in [0.4, 0.5) is 0 Å². The van der Waals surface area contributed by atoms with Gasteiger partial charge in [0.15, 0.2) is 5.69 Å². The second-order valence-corrected chi connectivity index (χ2v) is 6.57. The Bertz CT molecular complexity index is 762. The predicted molar refractivity (Wildman–Crippen MR) is 102 cm³/mol. The molecular formula is C19H24N2O5S. The number of benzene rings is 1. The molecule has 8 heteroatoms.